The summed E-state index contributed by atoms with van der Waals surface area (Å²) in [6.07, 6.45) is 1.69. The number of ether oxygens (including phenoxy) is 2. The Morgan fingerprint density at radius 3 is 2.68 bits per heavy atom. The Bertz CT molecular complexity index is 773. The van der Waals surface area contributed by atoms with Crippen LogP contribution in [-0.2, 0) is 0 Å². The fourth-order valence-electron chi connectivity index (χ4n) is 1.86. The largest absolute Gasteiger partial charge is 0.497 e. The van der Waals surface area contributed by atoms with Crippen molar-refractivity contribution in [2.24, 2.45) is 0 Å². The lowest BCUT2D eigenvalue weighted by atomic mass is 10.3. The Morgan fingerprint density at radius 1 is 1.09 bits per heavy atom. The number of anilines is 2. The maximum absolute atomic E-state index is 5.83. The second-order valence-electron chi connectivity index (χ2n) is 4.58. The van der Waals surface area contributed by atoms with Crippen molar-refractivity contribution >= 4 is 22.3 Å². The quantitative estimate of drug-likeness (QED) is 0.757. The summed E-state index contributed by atoms with van der Waals surface area (Å²) in [5, 5.41) is 5.96. The van der Waals surface area contributed by atoms with Gasteiger partial charge in [0.2, 0.25) is 0 Å². The summed E-state index contributed by atoms with van der Waals surface area (Å²) < 4.78 is 11.0. The molecule has 1 N–H and O–H groups in total. The molecule has 3 aromatic rings. The number of hydrogen-bond acceptors (Lipinski definition) is 6. The minimum atomic E-state index is 0.690. The molecule has 0 spiro atoms. The predicted molar refractivity (Wildman–Crippen MR) is 87.4 cm³/mol. The Morgan fingerprint density at radius 2 is 1.91 bits per heavy atom. The smallest absolute Gasteiger partial charge is 0.188 e. The molecule has 22 heavy (non-hydrogen) atoms. The van der Waals surface area contributed by atoms with E-state index in [1.54, 1.807) is 19.4 Å². The first-order valence-electron chi connectivity index (χ1n) is 6.70. The molecule has 0 unspecified atom stereocenters. The number of benzene rings is 1. The van der Waals surface area contributed by atoms with E-state index in [9.17, 15) is 0 Å². The van der Waals surface area contributed by atoms with E-state index in [1.807, 2.05) is 42.6 Å². The van der Waals surface area contributed by atoms with Crippen LogP contribution in [0.25, 0.3) is 0 Å². The van der Waals surface area contributed by atoms with Crippen molar-refractivity contribution in [2.75, 3.05) is 12.4 Å². The Kier molecular flexibility index (Phi) is 4.20. The highest BCUT2D eigenvalue weighted by Gasteiger charge is 2.04. The molecule has 0 saturated carbocycles. The van der Waals surface area contributed by atoms with Gasteiger partial charge in [-0.1, -0.05) is 6.07 Å². The second kappa shape index (κ2) is 6.44. The molecule has 0 aliphatic carbocycles. The normalized spacial score (nSPS) is 10.3. The van der Waals surface area contributed by atoms with Gasteiger partial charge >= 0.3 is 0 Å². The van der Waals surface area contributed by atoms with Gasteiger partial charge in [0.05, 0.1) is 12.8 Å². The molecule has 0 saturated heterocycles. The van der Waals surface area contributed by atoms with E-state index in [0.29, 0.717) is 17.3 Å². The van der Waals surface area contributed by atoms with E-state index in [4.69, 9.17) is 9.47 Å². The van der Waals surface area contributed by atoms with Crippen molar-refractivity contribution in [3.05, 3.63) is 53.7 Å². The summed E-state index contributed by atoms with van der Waals surface area (Å²) in [5.74, 6) is 2.85. The van der Waals surface area contributed by atoms with Gasteiger partial charge in [0.1, 0.15) is 23.1 Å². The standard InChI is InChI=1S/C16H15N3O2S/c1-11-10-22-16(18-11)19-15-9-14(6-7-17-15)21-13-5-3-4-12(8-13)20-2/h3-10H,1-2H3,(H,17,18,19). The van der Waals surface area contributed by atoms with Crippen molar-refractivity contribution < 1.29 is 9.47 Å². The molecule has 112 valence electrons. The monoisotopic (exact) mass is 313 g/mol. The zero-order valence-electron chi connectivity index (χ0n) is 12.2. The van der Waals surface area contributed by atoms with Crippen LogP contribution in [0.1, 0.15) is 5.69 Å². The number of pyridine rings is 1. The van der Waals surface area contributed by atoms with Crippen LogP contribution in [0.5, 0.6) is 17.2 Å². The van der Waals surface area contributed by atoms with E-state index in [0.717, 1.165) is 16.6 Å². The number of methoxy groups -OCH3 is 1. The van der Waals surface area contributed by atoms with Gasteiger partial charge in [0, 0.05) is 23.7 Å². The van der Waals surface area contributed by atoms with E-state index in [-0.39, 0.29) is 0 Å². The molecular formula is C16H15N3O2S. The molecule has 2 heterocycles. The van der Waals surface area contributed by atoms with Gasteiger partial charge in [-0.15, -0.1) is 11.3 Å². The Hall–Kier alpha value is -2.60. The highest BCUT2D eigenvalue weighted by molar-refractivity contribution is 7.13. The minimum absolute atomic E-state index is 0.690. The summed E-state index contributed by atoms with van der Waals surface area (Å²) in [6.45, 7) is 1.96. The molecule has 2 aromatic heterocycles. The molecule has 6 heteroatoms. The summed E-state index contributed by atoms with van der Waals surface area (Å²) in [4.78, 5) is 8.62. The fraction of sp³-hybridized carbons (Fsp3) is 0.125. The first-order valence-corrected chi connectivity index (χ1v) is 7.58. The van der Waals surface area contributed by atoms with Crippen LogP contribution < -0.4 is 14.8 Å². The molecular weight excluding hydrogens is 298 g/mol. The van der Waals surface area contributed by atoms with Crippen LogP contribution in [0.2, 0.25) is 0 Å². The van der Waals surface area contributed by atoms with Crippen LogP contribution in [0.4, 0.5) is 10.9 Å². The average Bonchev–Trinajstić information content (AvgIpc) is 2.93. The lowest BCUT2D eigenvalue weighted by molar-refractivity contribution is 0.409. The Labute approximate surface area is 132 Å². The zero-order valence-corrected chi connectivity index (χ0v) is 13.1. The van der Waals surface area contributed by atoms with Crippen LogP contribution in [0.15, 0.2) is 48.0 Å². The highest BCUT2D eigenvalue weighted by Crippen LogP contribution is 2.27. The van der Waals surface area contributed by atoms with Gasteiger partial charge in [0.15, 0.2) is 5.13 Å². The number of nitrogens with one attached hydrogen (secondary N) is 1. The molecule has 0 atom stereocenters. The molecule has 5 nitrogen and oxygen atoms in total. The van der Waals surface area contributed by atoms with E-state index in [2.05, 4.69) is 15.3 Å². The van der Waals surface area contributed by atoms with Gasteiger partial charge in [0.25, 0.3) is 0 Å². The van der Waals surface area contributed by atoms with Crippen LogP contribution in [0, 0.1) is 6.92 Å². The first kappa shape index (κ1) is 14.3. The van der Waals surface area contributed by atoms with Gasteiger partial charge in [-0.2, -0.15) is 0 Å². The third-order valence-corrected chi connectivity index (χ3v) is 3.74. The molecule has 0 aliphatic heterocycles. The van der Waals surface area contributed by atoms with Crippen molar-refractivity contribution in [3.63, 3.8) is 0 Å². The molecule has 0 fully saturated rings. The summed E-state index contributed by atoms with van der Waals surface area (Å²) >= 11 is 1.54. The van der Waals surface area contributed by atoms with Gasteiger partial charge in [-0.25, -0.2) is 9.97 Å². The summed E-state index contributed by atoms with van der Waals surface area (Å²) in [7, 11) is 1.63. The highest BCUT2D eigenvalue weighted by atomic mass is 32.1. The van der Waals surface area contributed by atoms with Crippen molar-refractivity contribution in [2.45, 2.75) is 6.92 Å². The zero-order chi connectivity index (χ0) is 15.4. The minimum Gasteiger partial charge on any atom is -0.497 e. The third-order valence-electron chi connectivity index (χ3n) is 2.86. The number of aromatic nitrogens is 2. The number of rotatable bonds is 5. The lowest BCUT2D eigenvalue weighted by Gasteiger charge is -2.08. The summed E-state index contributed by atoms with van der Waals surface area (Å²) in [5.41, 5.74) is 0.983. The maximum atomic E-state index is 5.83. The molecule has 0 bridgehead atoms. The number of aryl methyl sites for hydroxylation is 1. The van der Waals surface area contributed by atoms with Crippen LogP contribution in [-0.4, -0.2) is 17.1 Å². The number of hydrogen-bond donors (Lipinski definition) is 1. The molecule has 1 aromatic carbocycles. The molecule has 0 aliphatic rings. The van der Waals surface area contributed by atoms with Crippen molar-refractivity contribution in [1.29, 1.82) is 0 Å². The number of thiazole rings is 1. The molecule has 0 amide bonds. The Balaban J connectivity index is 1.75. The predicted octanol–water partition coefficient (Wildman–Crippen LogP) is 4.39. The van der Waals surface area contributed by atoms with Crippen molar-refractivity contribution in [1.82, 2.24) is 9.97 Å². The van der Waals surface area contributed by atoms with Gasteiger partial charge in [-0.05, 0) is 25.1 Å². The average molecular weight is 313 g/mol. The van der Waals surface area contributed by atoms with Crippen molar-refractivity contribution in [3.8, 4) is 17.2 Å². The summed E-state index contributed by atoms with van der Waals surface area (Å²) in [6, 6.07) is 11.1. The molecule has 3 rings (SSSR count). The maximum Gasteiger partial charge on any atom is 0.188 e. The lowest BCUT2D eigenvalue weighted by Crippen LogP contribution is -1.94. The van der Waals surface area contributed by atoms with Crippen LogP contribution in [0.3, 0.4) is 0 Å². The number of nitrogens with zero attached hydrogens (tertiary/aromatic N) is 2. The topological polar surface area (TPSA) is 56.3 Å². The van der Waals surface area contributed by atoms with Crippen LogP contribution >= 0.6 is 11.3 Å². The third kappa shape index (κ3) is 3.53. The van der Waals surface area contributed by atoms with Gasteiger partial charge < -0.3 is 14.8 Å². The molecule has 0 radical (unpaired) electrons. The van der Waals surface area contributed by atoms with E-state index >= 15 is 0 Å². The fourth-order valence-corrected chi connectivity index (χ4v) is 2.56. The van der Waals surface area contributed by atoms with E-state index < -0.39 is 0 Å². The first-order chi connectivity index (χ1) is 10.7. The SMILES string of the molecule is COc1cccc(Oc2ccnc(Nc3nc(C)cs3)c2)c1. The van der Waals surface area contributed by atoms with Gasteiger partial charge in [-0.3, -0.25) is 0 Å². The second-order valence-corrected chi connectivity index (χ2v) is 5.43. The van der Waals surface area contributed by atoms with E-state index in [1.165, 1.54) is 11.3 Å².